The van der Waals surface area contributed by atoms with Gasteiger partial charge in [0, 0.05) is 37.2 Å². The molecular weight excluding hydrogens is 294 g/mol. The SMILES string of the molecule is O=C(c1ccncc1)N1CC(c2nc(-c3ccccn3)no2)C1. The number of rotatable bonds is 3. The van der Waals surface area contributed by atoms with Crippen molar-refractivity contribution in [3.05, 3.63) is 60.4 Å². The van der Waals surface area contributed by atoms with Crippen LogP contribution in [-0.4, -0.2) is 44.0 Å². The normalized spacial score (nSPS) is 14.5. The number of aromatic nitrogens is 4. The van der Waals surface area contributed by atoms with Crippen molar-refractivity contribution in [1.82, 2.24) is 25.0 Å². The lowest BCUT2D eigenvalue weighted by molar-refractivity contribution is 0.0569. The maximum absolute atomic E-state index is 12.3. The fourth-order valence-electron chi connectivity index (χ4n) is 2.48. The van der Waals surface area contributed by atoms with E-state index in [2.05, 4.69) is 20.1 Å². The number of likely N-dealkylation sites (tertiary alicyclic amines) is 1. The van der Waals surface area contributed by atoms with Gasteiger partial charge in [-0.1, -0.05) is 11.2 Å². The second-order valence-corrected chi connectivity index (χ2v) is 5.31. The molecule has 0 radical (unpaired) electrons. The number of carbonyl (C=O) groups excluding carboxylic acids is 1. The molecule has 0 saturated carbocycles. The van der Waals surface area contributed by atoms with Crippen LogP contribution >= 0.6 is 0 Å². The summed E-state index contributed by atoms with van der Waals surface area (Å²) in [7, 11) is 0. The zero-order chi connectivity index (χ0) is 15.6. The van der Waals surface area contributed by atoms with Gasteiger partial charge in [0.25, 0.3) is 5.91 Å². The molecule has 0 spiro atoms. The van der Waals surface area contributed by atoms with Crippen molar-refractivity contribution in [3.63, 3.8) is 0 Å². The summed E-state index contributed by atoms with van der Waals surface area (Å²) < 4.78 is 5.31. The highest BCUT2D eigenvalue weighted by molar-refractivity contribution is 5.94. The molecule has 4 rings (SSSR count). The Kier molecular flexibility index (Phi) is 3.30. The summed E-state index contributed by atoms with van der Waals surface area (Å²) in [5.41, 5.74) is 1.31. The fraction of sp³-hybridized carbons (Fsp3) is 0.188. The van der Waals surface area contributed by atoms with Crippen LogP contribution in [0.1, 0.15) is 22.2 Å². The van der Waals surface area contributed by atoms with Crippen LogP contribution in [-0.2, 0) is 0 Å². The summed E-state index contributed by atoms with van der Waals surface area (Å²) in [6.07, 6.45) is 4.91. The minimum atomic E-state index is -0.00638. The van der Waals surface area contributed by atoms with Crippen LogP contribution in [0.4, 0.5) is 0 Å². The first-order chi connectivity index (χ1) is 11.3. The van der Waals surface area contributed by atoms with E-state index in [-0.39, 0.29) is 11.8 Å². The Labute approximate surface area is 132 Å². The van der Waals surface area contributed by atoms with Gasteiger partial charge < -0.3 is 9.42 Å². The van der Waals surface area contributed by atoms with E-state index in [0.717, 1.165) is 0 Å². The molecule has 1 aliphatic heterocycles. The van der Waals surface area contributed by atoms with E-state index in [4.69, 9.17) is 4.52 Å². The topological polar surface area (TPSA) is 85.0 Å². The van der Waals surface area contributed by atoms with E-state index in [9.17, 15) is 4.79 Å². The lowest BCUT2D eigenvalue weighted by Gasteiger charge is -2.37. The van der Waals surface area contributed by atoms with Crippen molar-refractivity contribution in [2.45, 2.75) is 5.92 Å². The predicted octanol–water partition coefficient (Wildman–Crippen LogP) is 1.77. The van der Waals surface area contributed by atoms with Crippen LogP contribution in [0.5, 0.6) is 0 Å². The summed E-state index contributed by atoms with van der Waals surface area (Å²) in [6.45, 7) is 1.15. The highest BCUT2D eigenvalue weighted by Crippen LogP contribution is 2.28. The first kappa shape index (κ1) is 13.6. The monoisotopic (exact) mass is 307 g/mol. The van der Waals surface area contributed by atoms with E-state index in [1.54, 1.807) is 35.6 Å². The summed E-state index contributed by atoms with van der Waals surface area (Å²) >= 11 is 0. The van der Waals surface area contributed by atoms with Crippen LogP contribution in [0.25, 0.3) is 11.5 Å². The number of carbonyl (C=O) groups is 1. The highest BCUT2D eigenvalue weighted by Gasteiger charge is 2.36. The van der Waals surface area contributed by atoms with Crippen LogP contribution in [0.2, 0.25) is 0 Å². The van der Waals surface area contributed by atoms with E-state index >= 15 is 0 Å². The largest absolute Gasteiger partial charge is 0.338 e. The summed E-state index contributed by atoms with van der Waals surface area (Å²) in [6, 6.07) is 8.95. The molecule has 0 bridgehead atoms. The molecule has 3 aromatic rings. The predicted molar refractivity (Wildman–Crippen MR) is 80.4 cm³/mol. The lowest BCUT2D eigenvalue weighted by Crippen LogP contribution is -2.48. The maximum atomic E-state index is 12.3. The van der Waals surface area contributed by atoms with Crippen molar-refractivity contribution in [2.75, 3.05) is 13.1 Å². The molecule has 0 aromatic carbocycles. The number of pyridine rings is 2. The van der Waals surface area contributed by atoms with E-state index in [1.807, 2.05) is 18.2 Å². The standard InChI is InChI=1S/C16H13N5O2/c22-16(11-4-7-17-8-5-11)21-9-12(10-21)15-19-14(20-23-15)13-3-1-2-6-18-13/h1-8,12H,9-10H2. The number of hydrogen-bond acceptors (Lipinski definition) is 6. The fourth-order valence-corrected chi connectivity index (χ4v) is 2.48. The summed E-state index contributed by atoms with van der Waals surface area (Å²) in [4.78, 5) is 26.5. The number of amides is 1. The average Bonchev–Trinajstić information content (AvgIpc) is 3.05. The Morgan fingerprint density at radius 1 is 1.13 bits per heavy atom. The second kappa shape index (κ2) is 5.60. The minimum absolute atomic E-state index is 0.00638. The van der Waals surface area contributed by atoms with Crippen LogP contribution in [0.15, 0.2) is 53.4 Å². The molecule has 7 heteroatoms. The molecule has 3 aromatic heterocycles. The van der Waals surface area contributed by atoms with Crippen LogP contribution in [0.3, 0.4) is 0 Å². The Morgan fingerprint density at radius 2 is 1.96 bits per heavy atom. The number of nitrogens with zero attached hydrogens (tertiary/aromatic N) is 5. The van der Waals surface area contributed by atoms with Gasteiger partial charge in [0.15, 0.2) is 0 Å². The Balaban J connectivity index is 1.43. The van der Waals surface area contributed by atoms with Crippen LogP contribution < -0.4 is 0 Å². The van der Waals surface area contributed by atoms with Gasteiger partial charge in [0.1, 0.15) is 5.69 Å². The summed E-state index contributed by atoms with van der Waals surface area (Å²) in [5.74, 6) is 1.09. The highest BCUT2D eigenvalue weighted by atomic mass is 16.5. The molecule has 1 amide bonds. The third kappa shape index (κ3) is 2.57. The van der Waals surface area contributed by atoms with Crippen molar-refractivity contribution in [3.8, 4) is 11.5 Å². The first-order valence-corrected chi connectivity index (χ1v) is 7.25. The zero-order valence-electron chi connectivity index (χ0n) is 12.2. The Morgan fingerprint density at radius 3 is 2.70 bits per heavy atom. The van der Waals surface area contributed by atoms with Crippen molar-refractivity contribution in [2.24, 2.45) is 0 Å². The lowest BCUT2D eigenvalue weighted by atomic mass is 9.99. The van der Waals surface area contributed by atoms with E-state index < -0.39 is 0 Å². The van der Waals surface area contributed by atoms with E-state index in [1.165, 1.54) is 0 Å². The third-order valence-corrected chi connectivity index (χ3v) is 3.78. The van der Waals surface area contributed by atoms with Gasteiger partial charge in [0.05, 0.1) is 5.92 Å². The molecule has 23 heavy (non-hydrogen) atoms. The van der Waals surface area contributed by atoms with Gasteiger partial charge in [-0.05, 0) is 24.3 Å². The molecule has 4 heterocycles. The molecular formula is C16H13N5O2. The molecule has 1 aliphatic rings. The van der Waals surface area contributed by atoms with Gasteiger partial charge in [-0.2, -0.15) is 4.98 Å². The van der Waals surface area contributed by atoms with Gasteiger partial charge in [-0.3, -0.25) is 14.8 Å². The zero-order valence-corrected chi connectivity index (χ0v) is 12.2. The van der Waals surface area contributed by atoms with Gasteiger partial charge >= 0.3 is 0 Å². The minimum Gasteiger partial charge on any atom is -0.338 e. The molecule has 0 N–H and O–H groups in total. The van der Waals surface area contributed by atoms with E-state index in [0.29, 0.717) is 36.1 Å². The molecule has 0 unspecified atom stereocenters. The van der Waals surface area contributed by atoms with Crippen molar-refractivity contribution >= 4 is 5.91 Å². The average molecular weight is 307 g/mol. The molecule has 1 saturated heterocycles. The smallest absolute Gasteiger partial charge is 0.254 e. The Hall–Kier alpha value is -3.09. The quantitative estimate of drug-likeness (QED) is 0.733. The van der Waals surface area contributed by atoms with Crippen LogP contribution in [0, 0.1) is 0 Å². The van der Waals surface area contributed by atoms with Crippen molar-refractivity contribution < 1.29 is 9.32 Å². The molecule has 0 atom stereocenters. The third-order valence-electron chi connectivity index (χ3n) is 3.78. The van der Waals surface area contributed by atoms with Gasteiger partial charge in [-0.25, -0.2) is 0 Å². The Bertz CT molecular complexity index is 813. The maximum Gasteiger partial charge on any atom is 0.254 e. The molecule has 114 valence electrons. The molecule has 7 nitrogen and oxygen atoms in total. The first-order valence-electron chi connectivity index (χ1n) is 7.25. The number of hydrogen-bond donors (Lipinski definition) is 0. The second-order valence-electron chi connectivity index (χ2n) is 5.31. The van der Waals surface area contributed by atoms with Gasteiger partial charge in [0.2, 0.25) is 11.7 Å². The summed E-state index contributed by atoms with van der Waals surface area (Å²) in [5, 5.41) is 3.96. The van der Waals surface area contributed by atoms with Crippen molar-refractivity contribution in [1.29, 1.82) is 0 Å². The van der Waals surface area contributed by atoms with Gasteiger partial charge in [-0.15, -0.1) is 0 Å². The molecule has 0 aliphatic carbocycles. The molecule has 1 fully saturated rings.